The Bertz CT molecular complexity index is 514. The fourth-order valence-electron chi connectivity index (χ4n) is 2.11. The first-order valence-corrected chi connectivity index (χ1v) is 6.91. The second kappa shape index (κ2) is 6.47. The van der Waals surface area contributed by atoms with Gasteiger partial charge in [-0.1, -0.05) is 19.9 Å². The van der Waals surface area contributed by atoms with Crippen LogP contribution in [0.15, 0.2) is 30.6 Å². The second-order valence-corrected chi connectivity index (χ2v) is 5.02. The Morgan fingerprint density at radius 2 is 2.10 bits per heavy atom. The van der Waals surface area contributed by atoms with Crippen LogP contribution in [0.1, 0.15) is 26.7 Å². The van der Waals surface area contributed by atoms with Gasteiger partial charge in [0.2, 0.25) is 0 Å². The molecule has 1 aromatic carbocycles. The molecular formula is C14H21N5O. The van der Waals surface area contributed by atoms with E-state index in [0.717, 1.165) is 30.8 Å². The zero-order valence-corrected chi connectivity index (χ0v) is 12.0. The molecule has 6 heteroatoms. The van der Waals surface area contributed by atoms with E-state index in [0.29, 0.717) is 0 Å². The van der Waals surface area contributed by atoms with Gasteiger partial charge in [0.1, 0.15) is 6.33 Å². The average molecular weight is 275 g/mol. The van der Waals surface area contributed by atoms with Crippen LogP contribution in [0, 0.1) is 5.41 Å². The molecule has 0 aliphatic carbocycles. The minimum absolute atomic E-state index is 0.0647. The van der Waals surface area contributed by atoms with Gasteiger partial charge in [0, 0.05) is 17.6 Å². The summed E-state index contributed by atoms with van der Waals surface area (Å²) in [5, 5.41) is 24.1. The van der Waals surface area contributed by atoms with E-state index in [4.69, 9.17) is 0 Å². The van der Waals surface area contributed by atoms with Crippen LogP contribution in [-0.2, 0) is 0 Å². The summed E-state index contributed by atoms with van der Waals surface area (Å²) in [6, 6.07) is 7.89. The zero-order chi connectivity index (χ0) is 14.4. The molecule has 108 valence electrons. The number of hydrogen-bond acceptors (Lipinski definition) is 5. The largest absolute Gasteiger partial charge is 0.396 e. The van der Waals surface area contributed by atoms with E-state index in [1.807, 2.05) is 24.3 Å². The van der Waals surface area contributed by atoms with Crippen LogP contribution in [-0.4, -0.2) is 38.5 Å². The van der Waals surface area contributed by atoms with E-state index < -0.39 is 0 Å². The summed E-state index contributed by atoms with van der Waals surface area (Å²) in [6.45, 7) is 5.16. The lowest BCUT2D eigenvalue weighted by Gasteiger charge is -2.30. The zero-order valence-electron chi connectivity index (χ0n) is 12.0. The molecule has 0 saturated carbocycles. The third kappa shape index (κ3) is 3.14. The molecule has 1 heterocycles. The molecule has 0 spiro atoms. The number of nitrogens with one attached hydrogen (secondary N) is 1. The summed E-state index contributed by atoms with van der Waals surface area (Å²) in [6.07, 6.45) is 3.45. The Kier molecular flexibility index (Phi) is 4.68. The van der Waals surface area contributed by atoms with Gasteiger partial charge < -0.3 is 10.4 Å². The Hall–Kier alpha value is -1.95. The molecule has 0 radical (unpaired) electrons. The molecule has 0 saturated heterocycles. The summed E-state index contributed by atoms with van der Waals surface area (Å²) < 4.78 is 1.62. The van der Waals surface area contributed by atoms with Crippen LogP contribution in [0.4, 0.5) is 5.69 Å². The van der Waals surface area contributed by atoms with E-state index in [9.17, 15) is 5.11 Å². The molecule has 0 aliphatic heterocycles. The Morgan fingerprint density at radius 3 is 2.70 bits per heavy atom. The summed E-state index contributed by atoms with van der Waals surface area (Å²) in [7, 11) is 0. The number of benzene rings is 1. The standard InChI is InChI=1S/C14H21N5O/c1-3-14(4-2,10-20)9-15-12-6-5-7-13(8-12)19-11-16-17-18-19/h5-8,11,15,20H,3-4,9-10H2,1-2H3. The average Bonchev–Trinajstić information content (AvgIpc) is 3.04. The van der Waals surface area contributed by atoms with Crippen molar-refractivity contribution < 1.29 is 5.11 Å². The van der Waals surface area contributed by atoms with Crippen molar-refractivity contribution in [3.8, 4) is 5.69 Å². The third-order valence-electron chi connectivity index (χ3n) is 3.96. The van der Waals surface area contributed by atoms with Crippen molar-refractivity contribution >= 4 is 5.69 Å². The highest BCUT2D eigenvalue weighted by molar-refractivity contribution is 5.50. The van der Waals surface area contributed by atoms with E-state index >= 15 is 0 Å². The van der Waals surface area contributed by atoms with E-state index in [-0.39, 0.29) is 12.0 Å². The number of aromatic nitrogens is 4. The highest BCUT2D eigenvalue weighted by atomic mass is 16.3. The molecule has 6 nitrogen and oxygen atoms in total. The van der Waals surface area contributed by atoms with Crippen LogP contribution < -0.4 is 5.32 Å². The van der Waals surface area contributed by atoms with Gasteiger partial charge in [-0.2, -0.15) is 0 Å². The van der Waals surface area contributed by atoms with Gasteiger partial charge in [-0.15, -0.1) is 5.10 Å². The molecule has 0 unspecified atom stereocenters. The van der Waals surface area contributed by atoms with Gasteiger partial charge in [0.15, 0.2) is 0 Å². The van der Waals surface area contributed by atoms with Gasteiger partial charge in [0.25, 0.3) is 0 Å². The fourth-order valence-corrected chi connectivity index (χ4v) is 2.11. The molecule has 2 rings (SSSR count). The van der Waals surface area contributed by atoms with Crippen molar-refractivity contribution in [2.45, 2.75) is 26.7 Å². The Balaban J connectivity index is 2.09. The summed E-state index contributed by atoms with van der Waals surface area (Å²) >= 11 is 0. The summed E-state index contributed by atoms with van der Waals surface area (Å²) in [5.74, 6) is 0. The lowest BCUT2D eigenvalue weighted by Crippen LogP contribution is -2.32. The lowest BCUT2D eigenvalue weighted by molar-refractivity contribution is 0.127. The summed E-state index contributed by atoms with van der Waals surface area (Å²) in [4.78, 5) is 0. The van der Waals surface area contributed by atoms with E-state index in [2.05, 4.69) is 34.7 Å². The number of tetrazole rings is 1. The molecule has 20 heavy (non-hydrogen) atoms. The van der Waals surface area contributed by atoms with Crippen LogP contribution in [0.3, 0.4) is 0 Å². The van der Waals surface area contributed by atoms with Crippen LogP contribution in [0.25, 0.3) is 5.69 Å². The first kappa shape index (κ1) is 14.5. The Labute approximate surface area is 118 Å². The van der Waals surface area contributed by atoms with E-state index in [1.54, 1.807) is 11.0 Å². The minimum atomic E-state index is -0.0647. The highest BCUT2D eigenvalue weighted by Gasteiger charge is 2.24. The second-order valence-electron chi connectivity index (χ2n) is 5.02. The molecule has 2 N–H and O–H groups in total. The van der Waals surface area contributed by atoms with Crippen LogP contribution in [0.2, 0.25) is 0 Å². The topological polar surface area (TPSA) is 75.9 Å². The quantitative estimate of drug-likeness (QED) is 0.807. The van der Waals surface area contributed by atoms with Crippen LogP contribution in [0.5, 0.6) is 0 Å². The number of nitrogens with zero attached hydrogens (tertiary/aromatic N) is 4. The maximum absolute atomic E-state index is 9.59. The normalized spacial score (nSPS) is 11.6. The van der Waals surface area contributed by atoms with Crippen molar-refractivity contribution in [1.82, 2.24) is 20.2 Å². The first-order chi connectivity index (χ1) is 9.73. The van der Waals surface area contributed by atoms with Crippen molar-refractivity contribution in [2.75, 3.05) is 18.5 Å². The van der Waals surface area contributed by atoms with Crippen molar-refractivity contribution in [3.63, 3.8) is 0 Å². The SMILES string of the molecule is CCC(CC)(CO)CNc1cccc(-n2cnnn2)c1. The molecule has 0 amide bonds. The predicted molar refractivity (Wildman–Crippen MR) is 77.7 cm³/mol. The number of anilines is 1. The first-order valence-electron chi connectivity index (χ1n) is 6.91. The molecular weight excluding hydrogens is 254 g/mol. The number of rotatable bonds is 7. The van der Waals surface area contributed by atoms with Gasteiger partial charge in [-0.05, 0) is 41.5 Å². The highest BCUT2D eigenvalue weighted by Crippen LogP contribution is 2.26. The number of aliphatic hydroxyl groups excluding tert-OH is 1. The van der Waals surface area contributed by atoms with Gasteiger partial charge in [0.05, 0.1) is 12.3 Å². The predicted octanol–water partition coefficient (Wildman–Crippen LogP) is 1.87. The fraction of sp³-hybridized carbons (Fsp3) is 0.500. The Morgan fingerprint density at radius 1 is 1.30 bits per heavy atom. The van der Waals surface area contributed by atoms with E-state index in [1.165, 1.54) is 0 Å². The molecule has 2 aromatic rings. The van der Waals surface area contributed by atoms with Crippen LogP contribution >= 0.6 is 0 Å². The lowest BCUT2D eigenvalue weighted by atomic mass is 9.83. The third-order valence-corrected chi connectivity index (χ3v) is 3.96. The minimum Gasteiger partial charge on any atom is -0.396 e. The van der Waals surface area contributed by atoms with Gasteiger partial charge in [-0.3, -0.25) is 0 Å². The number of hydrogen-bond donors (Lipinski definition) is 2. The van der Waals surface area contributed by atoms with Crippen molar-refractivity contribution in [1.29, 1.82) is 0 Å². The number of aliphatic hydroxyl groups is 1. The maximum Gasteiger partial charge on any atom is 0.143 e. The molecule has 0 bridgehead atoms. The monoisotopic (exact) mass is 275 g/mol. The smallest absolute Gasteiger partial charge is 0.143 e. The molecule has 0 atom stereocenters. The molecule has 0 fully saturated rings. The van der Waals surface area contributed by atoms with Crippen molar-refractivity contribution in [3.05, 3.63) is 30.6 Å². The maximum atomic E-state index is 9.59. The molecule has 1 aromatic heterocycles. The summed E-state index contributed by atoms with van der Waals surface area (Å²) in [5.41, 5.74) is 1.84. The molecule has 0 aliphatic rings. The van der Waals surface area contributed by atoms with Crippen molar-refractivity contribution in [2.24, 2.45) is 5.41 Å². The van der Waals surface area contributed by atoms with Gasteiger partial charge >= 0.3 is 0 Å². The van der Waals surface area contributed by atoms with Gasteiger partial charge in [-0.25, -0.2) is 4.68 Å².